The lowest BCUT2D eigenvalue weighted by molar-refractivity contribution is -0.137. The van der Waals surface area contributed by atoms with Crippen molar-refractivity contribution in [2.45, 2.75) is 24.2 Å². The smallest absolute Gasteiger partial charge is 0.383 e. The molecule has 0 bridgehead atoms. The molecule has 1 N–H and O–H groups in total. The van der Waals surface area contributed by atoms with Crippen LogP contribution in [0.15, 0.2) is 23.4 Å². The van der Waals surface area contributed by atoms with Crippen molar-refractivity contribution < 1.29 is 22.7 Å². The molecule has 0 aliphatic rings. The molecule has 1 aromatic heterocycles. The minimum absolute atomic E-state index is 0.0897. The first-order valence-corrected chi connectivity index (χ1v) is 6.76. The van der Waals surface area contributed by atoms with Gasteiger partial charge >= 0.3 is 6.18 Å². The van der Waals surface area contributed by atoms with Gasteiger partial charge in [0.15, 0.2) is 0 Å². The Morgan fingerprint density at radius 3 is 2.70 bits per heavy atom. The minimum Gasteiger partial charge on any atom is -0.383 e. The summed E-state index contributed by atoms with van der Waals surface area (Å²) in [6, 6.07) is 2.08. The van der Waals surface area contributed by atoms with Crippen LogP contribution in [0.1, 0.15) is 12.5 Å². The number of nitrogens with one attached hydrogen (secondary N) is 1. The molecule has 1 atom stereocenters. The van der Waals surface area contributed by atoms with Gasteiger partial charge in [0.25, 0.3) is 0 Å². The fraction of sp³-hybridized carbons (Fsp3) is 0.500. The molecule has 0 fully saturated rings. The van der Waals surface area contributed by atoms with E-state index >= 15 is 0 Å². The summed E-state index contributed by atoms with van der Waals surface area (Å²) in [6.45, 7) is 2.19. The monoisotopic (exact) mass is 308 g/mol. The first-order chi connectivity index (χ1) is 9.32. The second-order valence-electron chi connectivity index (χ2n) is 4.10. The number of ether oxygens (including phenoxy) is 1. The first-order valence-electron chi connectivity index (χ1n) is 5.77. The number of hydrogen-bond donors (Lipinski definition) is 1. The van der Waals surface area contributed by atoms with Gasteiger partial charge in [-0.3, -0.25) is 4.79 Å². The Bertz CT molecular complexity index is 437. The van der Waals surface area contributed by atoms with Crippen molar-refractivity contribution in [2.75, 3.05) is 19.5 Å². The van der Waals surface area contributed by atoms with Crippen LogP contribution in [-0.2, 0) is 15.7 Å². The summed E-state index contributed by atoms with van der Waals surface area (Å²) < 4.78 is 41.9. The summed E-state index contributed by atoms with van der Waals surface area (Å²) >= 11 is 1.08. The quantitative estimate of drug-likeness (QED) is 0.820. The van der Waals surface area contributed by atoms with Crippen LogP contribution in [0, 0.1) is 0 Å². The van der Waals surface area contributed by atoms with Gasteiger partial charge in [-0.1, -0.05) is 11.8 Å². The number of hydrogen-bond acceptors (Lipinski definition) is 4. The number of aromatic nitrogens is 1. The number of nitrogens with zero attached hydrogens (tertiary/aromatic N) is 1. The Balaban J connectivity index is 2.44. The third kappa shape index (κ3) is 5.79. The van der Waals surface area contributed by atoms with E-state index < -0.39 is 11.7 Å². The van der Waals surface area contributed by atoms with Gasteiger partial charge < -0.3 is 10.1 Å². The molecular formula is C12H15F3N2O2S. The van der Waals surface area contributed by atoms with Crippen molar-refractivity contribution >= 4 is 17.7 Å². The minimum atomic E-state index is -4.40. The Kier molecular flexibility index (Phi) is 6.28. The van der Waals surface area contributed by atoms with Crippen molar-refractivity contribution in [3.63, 3.8) is 0 Å². The molecule has 0 unspecified atom stereocenters. The van der Waals surface area contributed by atoms with E-state index in [4.69, 9.17) is 4.74 Å². The summed E-state index contributed by atoms with van der Waals surface area (Å²) in [5.41, 5.74) is -0.806. The maximum absolute atomic E-state index is 12.3. The highest BCUT2D eigenvalue weighted by Crippen LogP contribution is 2.29. The number of carbonyl (C=O) groups excluding carboxylic acids is 1. The lowest BCUT2D eigenvalue weighted by atomic mass is 10.3. The second kappa shape index (κ2) is 7.49. The highest BCUT2D eigenvalue weighted by Gasteiger charge is 2.30. The molecule has 20 heavy (non-hydrogen) atoms. The van der Waals surface area contributed by atoms with Crippen LogP contribution in [0.2, 0.25) is 0 Å². The maximum Gasteiger partial charge on any atom is 0.417 e. The zero-order valence-electron chi connectivity index (χ0n) is 11.0. The SMILES string of the molecule is COC[C@@H](C)NC(=O)CSc1ccc(C(F)(F)F)cn1. The summed E-state index contributed by atoms with van der Waals surface area (Å²) in [7, 11) is 1.53. The molecule has 8 heteroatoms. The van der Waals surface area contributed by atoms with E-state index in [-0.39, 0.29) is 17.7 Å². The fourth-order valence-corrected chi connectivity index (χ4v) is 2.03. The van der Waals surface area contributed by atoms with Gasteiger partial charge in [0.2, 0.25) is 5.91 Å². The average Bonchev–Trinajstić information content (AvgIpc) is 2.36. The van der Waals surface area contributed by atoms with E-state index in [1.54, 1.807) is 6.92 Å². The van der Waals surface area contributed by atoms with Crippen LogP contribution < -0.4 is 5.32 Å². The lowest BCUT2D eigenvalue weighted by Gasteiger charge is -2.12. The molecule has 112 valence electrons. The number of thioether (sulfide) groups is 1. The van der Waals surface area contributed by atoms with Crippen molar-refractivity contribution in [2.24, 2.45) is 0 Å². The van der Waals surface area contributed by atoms with E-state index in [9.17, 15) is 18.0 Å². The normalized spacial score (nSPS) is 13.1. The Labute approximate surface area is 119 Å². The van der Waals surface area contributed by atoms with Crippen LogP contribution in [0.3, 0.4) is 0 Å². The maximum atomic E-state index is 12.3. The number of carbonyl (C=O) groups is 1. The Morgan fingerprint density at radius 2 is 2.20 bits per heavy atom. The number of amides is 1. The summed E-state index contributed by atoms with van der Waals surface area (Å²) in [6.07, 6.45) is -3.64. The van der Waals surface area contributed by atoms with Crippen molar-refractivity contribution in [3.05, 3.63) is 23.9 Å². The molecular weight excluding hydrogens is 293 g/mol. The Hall–Kier alpha value is -1.28. The number of pyridine rings is 1. The highest BCUT2D eigenvalue weighted by molar-refractivity contribution is 7.99. The molecule has 0 spiro atoms. The predicted molar refractivity (Wildman–Crippen MR) is 69.4 cm³/mol. The van der Waals surface area contributed by atoms with Crippen LogP contribution in [0.4, 0.5) is 13.2 Å². The number of alkyl halides is 3. The number of methoxy groups -OCH3 is 1. The van der Waals surface area contributed by atoms with Gasteiger partial charge in [0, 0.05) is 19.3 Å². The molecule has 4 nitrogen and oxygen atoms in total. The van der Waals surface area contributed by atoms with Crippen molar-refractivity contribution in [3.8, 4) is 0 Å². The molecule has 1 amide bonds. The lowest BCUT2D eigenvalue weighted by Crippen LogP contribution is -2.36. The zero-order chi connectivity index (χ0) is 15.2. The summed E-state index contributed by atoms with van der Waals surface area (Å²) in [4.78, 5) is 15.2. The van der Waals surface area contributed by atoms with E-state index in [0.717, 1.165) is 24.0 Å². The molecule has 0 aliphatic carbocycles. The van der Waals surface area contributed by atoms with Crippen molar-refractivity contribution in [1.29, 1.82) is 0 Å². The topological polar surface area (TPSA) is 51.2 Å². The van der Waals surface area contributed by atoms with Crippen LogP contribution in [0.25, 0.3) is 0 Å². The molecule has 1 heterocycles. The number of rotatable bonds is 6. The fourth-order valence-electron chi connectivity index (χ4n) is 1.38. The Morgan fingerprint density at radius 1 is 1.50 bits per heavy atom. The molecule has 0 saturated carbocycles. The summed E-state index contributed by atoms with van der Waals surface area (Å²) in [5.74, 6) is -0.131. The van der Waals surface area contributed by atoms with Gasteiger partial charge in [0.1, 0.15) is 0 Å². The standard InChI is InChI=1S/C12H15F3N2O2S/c1-8(6-19-2)17-10(18)7-20-11-4-3-9(5-16-11)12(13,14)15/h3-5,8H,6-7H2,1-2H3,(H,17,18)/t8-/m1/s1. The van der Waals surface area contributed by atoms with Crippen LogP contribution in [-0.4, -0.2) is 36.4 Å². The molecule has 0 aliphatic heterocycles. The molecule has 0 aromatic carbocycles. The van der Waals surface area contributed by atoms with Crippen LogP contribution in [0.5, 0.6) is 0 Å². The van der Waals surface area contributed by atoms with Gasteiger partial charge in [-0.2, -0.15) is 13.2 Å². The zero-order valence-corrected chi connectivity index (χ0v) is 11.8. The van der Waals surface area contributed by atoms with Gasteiger partial charge in [-0.15, -0.1) is 0 Å². The van der Waals surface area contributed by atoms with Gasteiger partial charge in [-0.05, 0) is 19.1 Å². The first kappa shape index (κ1) is 16.8. The molecule has 1 rings (SSSR count). The van der Waals surface area contributed by atoms with E-state index in [1.807, 2.05) is 0 Å². The third-order valence-electron chi connectivity index (χ3n) is 2.24. The molecule has 1 aromatic rings. The molecule has 0 saturated heterocycles. The number of halogens is 3. The van der Waals surface area contributed by atoms with E-state index in [0.29, 0.717) is 11.6 Å². The van der Waals surface area contributed by atoms with Crippen molar-refractivity contribution in [1.82, 2.24) is 10.3 Å². The van der Waals surface area contributed by atoms with E-state index in [1.165, 1.54) is 13.2 Å². The van der Waals surface area contributed by atoms with E-state index in [2.05, 4.69) is 10.3 Å². The summed E-state index contributed by atoms with van der Waals surface area (Å²) in [5, 5.41) is 3.06. The van der Waals surface area contributed by atoms with Crippen LogP contribution >= 0.6 is 11.8 Å². The predicted octanol–water partition coefficient (Wildman–Crippen LogP) is 2.34. The van der Waals surface area contributed by atoms with Gasteiger partial charge in [-0.25, -0.2) is 4.98 Å². The van der Waals surface area contributed by atoms with Gasteiger partial charge in [0.05, 0.1) is 22.9 Å². The molecule has 0 radical (unpaired) electrons. The highest BCUT2D eigenvalue weighted by atomic mass is 32.2. The third-order valence-corrected chi connectivity index (χ3v) is 3.18. The average molecular weight is 308 g/mol. The second-order valence-corrected chi connectivity index (χ2v) is 5.09. The largest absolute Gasteiger partial charge is 0.417 e.